The molecule has 160 valence electrons. The molecule has 0 spiro atoms. The molecule has 0 saturated heterocycles. The Morgan fingerprint density at radius 1 is 0.613 bits per heavy atom. The van der Waals surface area contributed by atoms with E-state index in [9.17, 15) is 9.59 Å². The van der Waals surface area contributed by atoms with Crippen LogP contribution in [-0.4, -0.2) is 11.6 Å². The zero-order valence-electron chi connectivity index (χ0n) is 19.1. The summed E-state index contributed by atoms with van der Waals surface area (Å²) in [6.07, 6.45) is 0. The predicted molar refractivity (Wildman–Crippen MR) is 131 cm³/mol. The molecule has 0 saturated carbocycles. The van der Waals surface area contributed by atoms with Gasteiger partial charge < -0.3 is 0 Å². The Labute approximate surface area is 191 Å². The number of rotatable bonds is 4. The van der Waals surface area contributed by atoms with Crippen LogP contribution in [0.15, 0.2) is 71.6 Å². The van der Waals surface area contributed by atoms with Crippen molar-refractivity contribution in [2.75, 3.05) is 0 Å². The fourth-order valence-corrected chi connectivity index (χ4v) is 3.76. The van der Waals surface area contributed by atoms with Gasteiger partial charge in [0.2, 0.25) is 0 Å². The fourth-order valence-electron chi connectivity index (χ4n) is 3.44. The van der Waals surface area contributed by atoms with Gasteiger partial charge in [0, 0.05) is 27.1 Å². The third-order valence-electron chi connectivity index (χ3n) is 5.49. The molecule has 0 aliphatic rings. The topological polar surface area (TPSA) is 34.1 Å². The Bertz CT molecular complexity index is 1140. The number of carbonyl (C=O) groups excluding carboxylic acids is 2. The maximum Gasteiger partial charge on any atom is 0.194 e. The summed E-state index contributed by atoms with van der Waals surface area (Å²) in [5.74, 6) is -0.167. The summed E-state index contributed by atoms with van der Waals surface area (Å²) in [4.78, 5) is 26.7. The Morgan fingerprint density at radius 3 is 1.52 bits per heavy atom. The largest absolute Gasteiger partial charge is 0.289 e. The second kappa shape index (κ2) is 8.47. The number of hydrogen-bond acceptors (Lipinski definition) is 3. The molecular formula is C28H30O2S. The normalized spacial score (nSPS) is 12.0. The van der Waals surface area contributed by atoms with Gasteiger partial charge in [0.05, 0.1) is 0 Å². The van der Waals surface area contributed by atoms with Crippen molar-refractivity contribution in [2.45, 2.75) is 57.3 Å². The first-order valence-corrected chi connectivity index (χ1v) is 11.0. The van der Waals surface area contributed by atoms with E-state index in [4.69, 9.17) is 0 Å². The lowest BCUT2D eigenvalue weighted by molar-refractivity contribution is 0.102. The van der Waals surface area contributed by atoms with Gasteiger partial charge in [-0.05, 0) is 46.2 Å². The van der Waals surface area contributed by atoms with E-state index in [0.29, 0.717) is 27.1 Å². The monoisotopic (exact) mass is 430 g/mol. The molecule has 0 amide bonds. The first-order chi connectivity index (χ1) is 14.4. The van der Waals surface area contributed by atoms with Crippen LogP contribution in [0, 0.1) is 0 Å². The molecule has 0 heterocycles. The van der Waals surface area contributed by atoms with Crippen LogP contribution in [0.25, 0.3) is 0 Å². The van der Waals surface area contributed by atoms with Gasteiger partial charge in [0.15, 0.2) is 11.6 Å². The SMILES string of the molecule is CC(C)(C)c1cccc(C(=O)c2ccc(C(=O)c3cccc(C(C)(C)C)c3)c(S)c2)c1. The van der Waals surface area contributed by atoms with Crippen molar-refractivity contribution in [3.8, 4) is 0 Å². The van der Waals surface area contributed by atoms with Crippen LogP contribution in [0.5, 0.6) is 0 Å². The lowest BCUT2D eigenvalue weighted by Crippen LogP contribution is -2.13. The third-order valence-corrected chi connectivity index (χ3v) is 5.86. The molecule has 0 fully saturated rings. The van der Waals surface area contributed by atoms with Crippen LogP contribution in [0.3, 0.4) is 0 Å². The summed E-state index contributed by atoms with van der Waals surface area (Å²) in [5, 5.41) is 0. The quantitative estimate of drug-likeness (QED) is 0.356. The third kappa shape index (κ3) is 5.16. The second-order valence-electron chi connectivity index (χ2n) is 10.1. The highest BCUT2D eigenvalue weighted by Crippen LogP contribution is 2.27. The average Bonchev–Trinajstić information content (AvgIpc) is 2.71. The van der Waals surface area contributed by atoms with E-state index in [1.54, 1.807) is 18.2 Å². The minimum absolute atomic E-state index is 0.0388. The Morgan fingerprint density at radius 2 is 1.06 bits per heavy atom. The van der Waals surface area contributed by atoms with Gasteiger partial charge in [-0.3, -0.25) is 9.59 Å². The molecular weight excluding hydrogens is 400 g/mol. The molecule has 0 aromatic heterocycles. The highest BCUT2D eigenvalue weighted by Gasteiger charge is 2.20. The zero-order chi connectivity index (χ0) is 23.0. The van der Waals surface area contributed by atoms with Crippen LogP contribution in [0.1, 0.15) is 84.5 Å². The minimum Gasteiger partial charge on any atom is -0.289 e. The number of ketones is 2. The second-order valence-corrected chi connectivity index (χ2v) is 10.5. The number of benzene rings is 3. The highest BCUT2D eigenvalue weighted by atomic mass is 32.1. The zero-order valence-corrected chi connectivity index (χ0v) is 20.0. The van der Waals surface area contributed by atoms with Gasteiger partial charge in [-0.15, -0.1) is 12.6 Å². The summed E-state index contributed by atoms with van der Waals surface area (Å²) < 4.78 is 0. The molecule has 0 unspecified atom stereocenters. The lowest BCUT2D eigenvalue weighted by Gasteiger charge is -2.20. The lowest BCUT2D eigenvalue weighted by atomic mass is 9.85. The molecule has 0 bridgehead atoms. The summed E-state index contributed by atoms with van der Waals surface area (Å²) in [7, 11) is 0. The molecule has 0 N–H and O–H groups in total. The van der Waals surface area contributed by atoms with Crippen molar-refractivity contribution in [3.63, 3.8) is 0 Å². The van der Waals surface area contributed by atoms with Gasteiger partial charge in [0.25, 0.3) is 0 Å². The fraction of sp³-hybridized carbons (Fsp3) is 0.286. The molecule has 3 aromatic carbocycles. The maximum absolute atomic E-state index is 13.1. The molecule has 0 aliphatic heterocycles. The Kier molecular flexibility index (Phi) is 6.29. The molecule has 3 heteroatoms. The molecule has 0 radical (unpaired) electrons. The maximum atomic E-state index is 13.1. The molecule has 31 heavy (non-hydrogen) atoms. The Balaban J connectivity index is 1.92. The minimum atomic E-state index is -0.0928. The summed E-state index contributed by atoms with van der Waals surface area (Å²) in [5.41, 5.74) is 4.41. The summed E-state index contributed by atoms with van der Waals surface area (Å²) in [6, 6.07) is 20.5. The summed E-state index contributed by atoms with van der Waals surface area (Å²) >= 11 is 4.54. The first kappa shape index (κ1) is 23.0. The molecule has 0 atom stereocenters. The van der Waals surface area contributed by atoms with Gasteiger partial charge in [0.1, 0.15) is 0 Å². The predicted octanol–water partition coefficient (Wildman–Crippen LogP) is 7.03. The van der Waals surface area contributed by atoms with Gasteiger partial charge in [-0.1, -0.05) is 84.0 Å². The van der Waals surface area contributed by atoms with Crippen molar-refractivity contribution in [3.05, 3.63) is 100 Å². The number of thiol groups is 1. The smallest absolute Gasteiger partial charge is 0.194 e. The molecule has 3 aromatic rings. The van der Waals surface area contributed by atoms with Crippen molar-refractivity contribution in [1.29, 1.82) is 0 Å². The highest BCUT2D eigenvalue weighted by molar-refractivity contribution is 7.80. The van der Waals surface area contributed by atoms with E-state index in [-0.39, 0.29) is 22.4 Å². The molecule has 0 aliphatic carbocycles. The van der Waals surface area contributed by atoms with Crippen molar-refractivity contribution >= 4 is 24.2 Å². The van der Waals surface area contributed by atoms with Crippen LogP contribution >= 0.6 is 12.6 Å². The number of carbonyl (C=O) groups is 2. The summed E-state index contributed by atoms with van der Waals surface area (Å²) in [6.45, 7) is 12.7. The van der Waals surface area contributed by atoms with Gasteiger partial charge in [-0.2, -0.15) is 0 Å². The molecule has 3 rings (SSSR count). The Hall–Kier alpha value is -2.65. The van der Waals surface area contributed by atoms with E-state index in [2.05, 4.69) is 54.2 Å². The van der Waals surface area contributed by atoms with E-state index >= 15 is 0 Å². The van der Waals surface area contributed by atoms with Crippen LogP contribution in [0.2, 0.25) is 0 Å². The first-order valence-electron chi connectivity index (χ1n) is 10.5. The number of hydrogen-bond donors (Lipinski definition) is 1. The molecule has 2 nitrogen and oxygen atoms in total. The van der Waals surface area contributed by atoms with E-state index in [1.165, 1.54) is 0 Å². The van der Waals surface area contributed by atoms with Gasteiger partial charge in [-0.25, -0.2) is 0 Å². The van der Waals surface area contributed by atoms with E-state index in [1.807, 2.05) is 48.5 Å². The van der Waals surface area contributed by atoms with Crippen molar-refractivity contribution in [2.24, 2.45) is 0 Å². The van der Waals surface area contributed by atoms with E-state index < -0.39 is 0 Å². The van der Waals surface area contributed by atoms with Crippen molar-refractivity contribution < 1.29 is 9.59 Å². The van der Waals surface area contributed by atoms with Crippen LogP contribution in [0.4, 0.5) is 0 Å². The van der Waals surface area contributed by atoms with Crippen LogP contribution < -0.4 is 0 Å². The van der Waals surface area contributed by atoms with Gasteiger partial charge >= 0.3 is 0 Å². The average molecular weight is 431 g/mol. The van der Waals surface area contributed by atoms with E-state index in [0.717, 1.165) is 11.1 Å². The van der Waals surface area contributed by atoms with Crippen LogP contribution in [-0.2, 0) is 10.8 Å². The van der Waals surface area contributed by atoms with Crippen molar-refractivity contribution in [1.82, 2.24) is 0 Å². The standard InChI is InChI=1S/C28H30O2S/c1-27(2,3)21-11-7-9-18(15-21)25(29)20-13-14-23(24(31)17-20)26(30)19-10-8-12-22(16-19)28(4,5)6/h7-17,31H,1-6H3.